The van der Waals surface area contributed by atoms with Crippen LogP contribution in [0, 0.1) is 5.82 Å². The smallest absolute Gasteiger partial charge is 0.151 e. The number of hydrogen-bond donors (Lipinski definition) is 0. The first-order chi connectivity index (χ1) is 11.0. The largest absolute Gasteiger partial charge is 0.297 e. The molecule has 0 aromatic heterocycles. The predicted molar refractivity (Wildman–Crippen MR) is 89.6 cm³/mol. The van der Waals surface area contributed by atoms with Crippen molar-refractivity contribution in [2.45, 2.75) is 31.8 Å². The maximum absolute atomic E-state index is 13.1. The molecule has 2 aliphatic rings. The summed E-state index contributed by atoms with van der Waals surface area (Å²) in [6, 6.07) is 7.31. The monoisotopic (exact) mass is 340 g/mol. The molecule has 2 aliphatic heterocycles. The van der Waals surface area contributed by atoms with E-state index in [9.17, 15) is 12.8 Å². The van der Waals surface area contributed by atoms with Crippen molar-refractivity contribution in [1.82, 2.24) is 9.80 Å². The first-order valence-electron chi connectivity index (χ1n) is 8.42. The second-order valence-corrected chi connectivity index (χ2v) is 8.83. The van der Waals surface area contributed by atoms with Crippen molar-refractivity contribution in [3.63, 3.8) is 0 Å². The van der Waals surface area contributed by atoms with Gasteiger partial charge in [0.2, 0.25) is 0 Å². The van der Waals surface area contributed by atoms with E-state index in [0.29, 0.717) is 17.5 Å². The number of sulfone groups is 1. The minimum Gasteiger partial charge on any atom is -0.297 e. The van der Waals surface area contributed by atoms with Crippen molar-refractivity contribution in [2.24, 2.45) is 0 Å². The molecule has 0 N–H and O–H groups in total. The Bertz CT molecular complexity index is 624. The summed E-state index contributed by atoms with van der Waals surface area (Å²) in [6.07, 6.45) is 1.76. The van der Waals surface area contributed by atoms with E-state index in [1.54, 1.807) is 0 Å². The normalized spacial score (nSPS) is 27.1. The zero-order valence-electron chi connectivity index (χ0n) is 13.6. The molecule has 0 spiro atoms. The SMILES string of the molecule is CC[C@@H](c1ccc(F)cc1)N1CCN([C@@H]2CCS(=O)(=O)C2)CC1. The van der Waals surface area contributed by atoms with Crippen LogP contribution in [-0.2, 0) is 9.84 Å². The van der Waals surface area contributed by atoms with Crippen LogP contribution in [0.25, 0.3) is 0 Å². The molecule has 0 bridgehead atoms. The van der Waals surface area contributed by atoms with E-state index in [1.165, 1.54) is 12.1 Å². The average molecular weight is 340 g/mol. The summed E-state index contributed by atoms with van der Waals surface area (Å²) in [7, 11) is -2.82. The van der Waals surface area contributed by atoms with Crippen molar-refractivity contribution in [2.75, 3.05) is 37.7 Å². The van der Waals surface area contributed by atoms with E-state index in [4.69, 9.17) is 0 Å². The number of nitrogens with zero attached hydrogens (tertiary/aromatic N) is 2. The molecule has 3 rings (SSSR count). The summed E-state index contributed by atoms with van der Waals surface area (Å²) < 4.78 is 36.4. The van der Waals surface area contributed by atoms with Gasteiger partial charge in [-0.2, -0.15) is 0 Å². The van der Waals surface area contributed by atoms with Crippen LogP contribution in [0.3, 0.4) is 0 Å². The van der Waals surface area contributed by atoms with Gasteiger partial charge in [0.25, 0.3) is 0 Å². The Hall–Kier alpha value is -0.980. The van der Waals surface area contributed by atoms with Crippen LogP contribution in [0.1, 0.15) is 31.4 Å². The lowest BCUT2D eigenvalue weighted by Gasteiger charge is -2.41. The summed E-state index contributed by atoms with van der Waals surface area (Å²) in [5, 5.41) is 0. The molecule has 2 fully saturated rings. The number of hydrogen-bond acceptors (Lipinski definition) is 4. The highest BCUT2D eigenvalue weighted by Crippen LogP contribution is 2.27. The van der Waals surface area contributed by atoms with Gasteiger partial charge in [-0.15, -0.1) is 0 Å². The molecule has 0 radical (unpaired) electrons. The third-order valence-corrected chi connectivity index (χ3v) is 6.91. The Kier molecular flexibility index (Phi) is 5.04. The predicted octanol–water partition coefficient (Wildman–Crippen LogP) is 2.08. The number of piperazine rings is 1. The molecule has 23 heavy (non-hydrogen) atoms. The van der Waals surface area contributed by atoms with Crippen LogP contribution in [0.2, 0.25) is 0 Å². The third-order valence-electron chi connectivity index (χ3n) is 5.16. The molecule has 0 unspecified atom stereocenters. The Morgan fingerprint density at radius 2 is 1.83 bits per heavy atom. The summed E-state index contributed by atoms with van der Waals surface area (Å²) in [5.41, 5.74) is 1.16. The van der Waals surface area contributed by atoms with E-state index in [-0.39, 0.29) is 11.9 Å². The second kappa shape index (κ2) is 6.87. The minimum atomic E-state index is -2.82. The van der Waals surface area contributed by atoms with Gasteiger partial charge in [0.15, 0.2) is 9.84 Å². The second-order valence-electron chi connectivity index (χ2n) is 6.60. The van der Waals surface area contributed by atoms with Crippen LogP contribution < -0.4 is 0 Å². The van der Waals surface area contributed by atoms with Gasteiger partial charge < -0.3 is 0 Å². The maximum Gasteiger partial charge on any atom is 0.151 e. The number of benzene rings is 1. The molecular formula is C17H25FN2O2S. The van der Waals surface area contributed by atoms with Gasteiger partial charge in [-0.25, -0.2) is 12.8 Å². The van der Waals surface area contributed by atoms with Crippen LogP contribution in [0.5, 0.6) is 0 Å². The highest BCUT2D eigenvalue weighted by atomic mass is 32.2. The molecule has 2 saturated heterocycles. The molecule has 4 nitrogen and oxygen atoms in total. The van der Waals surface area contributed by atoms with E-state index < -0.39 is 9.84 Å². The van der Waals surface area contributed by atoms with Gasteiger partial charge in [-0.05, 0) is 30.5 Å². The molecular weight excluding hydrogens is 315 g/mol. The summed E-state index contributed by atoms with van der Waals surface area (Å²) >= 11 is 0. The van der Waals surface area contributed by atoms with Crippen LogP contribution in [-0.4, -0.2) is 61.9 Å². The van der Waals surface area contributed by atoms with Crippen molar-refractivity contribution in [1.29, 1.82) is 0 Å². The molecule has 0 aliphatic carbocycles. The Balaban J connectivity index is 1.60. The maximum atomic E-state index is 13.1. The Labute approximate surface area is 138 Å². The molecule has 1 aromatic carbocycles. The lowest BCUT2D eigenvalue weighted by Crippen LogP contribution is -2.51. The summed E-state index contributed by atoms with van der Waals surface area (Å²) in [6.45, 7) is 5.86. The third kappa shape index (κ3) is 3.92. The fourth-order valence-electron chi connectivity index (χ4n) is 3.87. The molecule has 6 heteroatoms. The van der Waals surface area contributed by atoms with Crippen LogP contribution >= 0.6 is 0 Å². The first kappa shape index (κ1) is 16.9. The van der Waals surface area contributed by atoms with Gasteiger partial charge in [-0.1, -0.05) is 19.1 Å². The highest BCUT2D eigenvalue weighted by molar-refractivity contribution is 7.91. The Morgan fingerprint density at radius 3 is 2.35 bits per heavy atom. The number of halogens is 1. The van der Waals surface area contributed by atoms with Crippen molar-refractivity contribution < 1.29 is 12.8 Å². The average Bonchev–Trinajstić information content (AvgIpc) is 2.91. The minimum absolute atomic E-state index is 0.198. The topological polar surface area (TPSA) is 40.6 Å². The van der Waals surface area contributed by atoms with Gasteiger partial charge in [0.05, 0.1) is 11.5 Å². The zero-order chi connectivity index (χ0) is 16.4. The highest BCUT2D eigenvalue weighted by Gasteiger charge is 2.34. The molecule has 0 amide bonds. The standard InChI is InChI=1S/C17H25FN2O2S/c1-2-17(14-3-5-15(18)6-4-14)20-10-8-19(9-11-20)16-7-12-23(21,22)13-16/h3-6,16-17H,2,7-13H2,1H3/t16-,17+/m1/s1. The molecule has 2 atom stereocenters. The number of rotatable bonds is 4. The van der Waals surface area contributed by atoms with Gasteiger partial charge in [0.1, 0.15) is 5.82 Å². The quantitative estimate of drug-likeness (QED) is 0.841. The van der Waals surface area contributed by atoms with Crippen molar-refractivity contribution in [3.05, 3.63) is 35.6 Å². The summed E-state index contributed by atoms with van der Waals surface area (Å²) in [4.78, 5) is 4.77. The first-order valence-corrected chi connectivity index (χ1v) is 10.2. The summed E-state index contributed by atoms with van der Waals surface area (Å²) in [5.74, 6) is 0.462. The fraction of sp³-hybridized carbons (Fsp3) is 0.647. The van der Waals surface area contributed by atoms with Crippen molar-refractivity contribution >= 4 is 9.84 Å². The van der Waals surface area contributed by atoms with Gasteiger partial charge in [-0.3, -0.25) is 9.80 Å². The van der Waals surface area contributed by atoms with E-state index in [0.717, 1.165) is 44.6 Å². The van der Waals surface area contributed by atoms with E-state index >= 15 is 0 Å². The molecule has 1 aromatic rings. The van der Waals surface area contributed by atoms with Gasteiger partial charge in [0, 0.05) is 38.3 Å². The van der Waals surface area contributed by atoms with E-state index in [1.807, 2.05) is 12.1 Å². The van der Waals surface area contributed by atoms with Crippen LogP contribution in [0.4, 0.5) is 4.39 Å². The lowest BCUT2D eigenvalue weighted by molar-refractivity contribution is 0.0734. The fourth-order valence-corrected chi connectivity index (χ4v) is 5.63. The lowest BCUT2D eigenvalue weighted by atomic mass is 10.0. The zero-order valence-corrected chi connectivity index (χ0v) is 14.4. The molecule has 2 heterocycles. The molecule has 0 saturated carbocycles. The Morgan fingerprint density at radius 1 is 1.17 bits per heavy atom. The van der Waals surface area contributed by atoms with E-state index in [2.05, 4.69) is 16.7 Å². The molecule has 128 valence electrons. The van der Waals surface area contributed by atoms with Crippen molar-refractivity contribution in [3.8, 4) is 0 Å². The van der Waals surface area contributed by atoms with Crippen LogP contribution in [0.15, 0.2) is 24.3 Å². The van der Waals surface area contributed by atoms with Gasteiger partial charge >= 0.3 is 0 Å².